The molecule has 6 N–H and O–H groups in total. The molecule has 0 heterocycles. The van der Waals surface area contributed by atoms with E-state index in [-0.39, 0.29) is 17.8 Å². The lowest BCUT2D eigenvalue weighted by Crippen LogP contribution is -2.10. The third-order valence-corrected chi connectivity index (χ3v) is 0.468. The molecule has 0 aromatic rings. The lowest BCUT2D eigenvalue weighted by molar-refractivity contribution is -0.115. The average Bonchev–Trinajstić information content (AvgIpc) is 1.73. The van der Waals surface area contributed by atoms with Crippen LogP contribution in [-0.4, -0.2) is 23.9 Å². The SMILES string of the molecule is CO.N.NC(=O)CS. The van der Waals surface area contributed by atoms with Gasteiger partial charge in [-0.1, -0.05) is 0 Å². The molecule has 0 aliphatic rings. The molecular weight excluding hydrogens is 128 g/mol. The zero-order valence-electron chi connectivity index (χ0n) is 4.79. The van der Waals surface area contributed by atoms with Crippen LogP contribution in [0.5, 0.6) is 0 Å². The van der Waals surface area contributed by atoms with Crippen molar-refractivity contribution < 1.29 is 9.90 Å². The molecule has 0 aromatic carbocycles. The number of carbonyl (C=O) groups is 1. The molecule has 5 heteroatoms. The molecule has 4 nitrogen and oxygen atoms in total. The molecule has 0 aliphatic heterocycles. The Morgan fingerprint density at radius 2 is 1.88 bits per heavy atom. The molecule has 8 heavy (non-hydrogen) atoms. The van der Waals surface area contributed by atoms with Gasteiger partial charge in [0.25, 0.3) is 0 Å². The van der Waals surface area contributed by atoms with Crippen molar-refractivity contribution in [2.24, 2.45) is 5.73 Å². The van der Waals surface area contributed by atoms with E-state index in [2.05, 4.69) is 18.4 Å². The minimum absolute atomic E-state index is 0. The highest BCUT2D eigenvalue weighted by Crippen LogP contribution is 1.63. The molecular formula is C3H12N2O2S. The minimum Gasteiger partial charge on any atom is -0.400 e. The molecule has 0 rings (SSSR count). The fraction of sp³-hybridized carbons (Fsp3) is 0.667. The highest BCUT2D eigenvalue weighted by Gasteiger charge is 1.78. The summed E-state index contributed by atoms with van der Waals surface area (Å²) in [6, 6.07) is 0. The number of nitrogens with two attached hydrogens (primary N) is 1. The maximum absolute atomic E-state index is 9.51. The molecule has 0 aliphatic carbocycles. The van der Waals surface area contributed by atoms with Crippen molar-refractivity contribution in [3.8, 4) is 0 Å². The first-order valence-electron chi connectivity index (χ1n) is 1.61. The second-order valence-corrected chi connectivity index (χ2v) is 0.941. The Labute approximate surface area is 54.1 Å². The number of aliphatic hydroxyl groups is 1. The summed E-state index contributed by atoms with van der Waals surface area (Å²) in [5, 5.41) is 7.00. The second-order valence-electron chi connectivity index (χ2n) is 0.624. The van der Waals surface area contributed by atoms with Gasteiger partial charge in [-0.05, 0) is 0 Å². The summed E-state index contributed by atoms with van der Waals surface area (Å²) in [5.41, 5.74) is 4.58. The highest BCUT2D eigenvalue weighted by atomic mass is 32.1. The number of hydrogen-bond acceptors (Lipinski definition) is 4. The fourth-order valence-corrected chi connectivity index (χ4v) is 0. The van der Waals surface area contributed by atoms with E-state index in [1.54, 1.807) is 0 Å². The van der Waals surface area contributed by atoms with Crippen LogP contribution in [0.3, 0.4) is 0 Å². The van der Waals surface area contributed by atoms with E-state index in [1.807, 2.05) is 0 Å². The van der Waals surface area contributed by atoms with Crippen LogP contribution in [0.1, 0.15) is 0 Å². The van der Waals surface area contributed by atoms with Gasteiger partial charge < -0.3 is 17.0 Å². The van der Waals surface area contributed by atoms with Gasteiger partial charge in [0, 0.05) is 7.11 Å². The van der Waals surface area contributed by atoms with Crippen molar-refractivity contribution in [3.05, 3.63) is 0 Å². The molecule has 0 bridgehead atoms. The molecule has 0 aromatic heterocycles. The largest absolute Gasteiger partial charge is 0.400 e. The van der Waals surface area contributed by atoms with Crippen LogP contribution in [0.2, 0.25) is 0 Å². The van der Waals surface area contributed by atoms with Crippen molar-refractivity contribution in [1.82, 2.24) is 6.15 Å². The van der Waals surface area contributed by atoms with Crippen LogP contribution < -0.4 is 11.9 Å². The molecule has 1 amide bonds. The van der Waals surface area contributed by atoms with Crippen molar-refractivity contribution in [3.63, 3.8) is 0 Å². The third-order valence-electron chi connectivity index (χ3n) is 0.156. The number of rotatable bonds is 1. The first-order chi connectivity index (χ1) is 3.27. The zero-order valence-corrected chi connectivity index (χ0v) is 5.69. The molecule has 52 valence electrons. The van der Waals surface area contributed by atoms with Crippen molar-refractivity contribution in [2.75, 3.05) is 12.9 Å². The summed E-state index contributed by atoms with van der Waals surface area (Å²) < 4.78 is 0. The summed E-state index contributed by atoms with van der Waals surface area (Å²) in [7, 11) is 1.00. The van der Waals surface area contributed by atoms with Gasteiger partial charge in [0.1, 0.15) is 0 Å². The van der Waals surface area contributed by atoms with Crippen molar-refractivity contribution in [2.45, 2.75) is 0 Å². The van der Waals surface area contributed by atoms with Gasteiger partial charge >= 0.3 is 0 Å². The number of aliphatic hydroxyl groups excluding tert-OH is 1. The Kier molecular flexibility index (Phi) is 31.1. The van der Waals surface area contributed by atoms with Gasteiger partial charge in [-0.15, -0.1) is 0 Å². The van der Waals surface area contributed by atoms with E-state index in [0.29, 0.717) is 0 Å². The number of hydrogen-bond donors (Lipinski definition) is 4. The Bertz CT molecular complexity index is 50.5. The molecule has 0 fully saturated rings. The van der Waals surface area contributed by atoms with E-state index in [4.69, 9.17) is 5.11 Å². The minimum atomic E-state index is -0.381. The molecule has 0 saturated heterocycles. The molecule has 0 saturated carbocycles. The van der Waals surface area contributed by atoms with Crippen molar-refractivity contribution in [1.29, 1.82) is 0 Å². The van der Waals surface area contributed by atoms with Gasteiger partial charge in [-0.2, -0.15) is 12.6 Å². The van der Waals surface area contributed by atoms with E-state index in [0.717, 1.165) is 7.11 Å². The highest BCUT2D eigenvalue weighted by molar-refractivity contribution is 7.81. The first kappa shape index (κ1) is 15.6. The Hall–Kier alpha value is -0.260. The van der Waals surface area contributed by atoms with Crippen LogP contribution in [0, 0.1) is 0 Å². The second kappa shape index (κ2) is 15.9. The predicted molar refractivity (Wildman–Crippen MR) is 36.2 cm³/mol. The van der Waals surface area contributed by atoms with E-state index >= 15 is 0 Å². The zero-order chi connectivity index (χ0) is 6.28. The maximum atomic E-state index is 9.51. The number of amides is 1. The Morgan fingerprint density at radius 3 is 1.88 bits per heavy atom. The lowest BCUT2D eigenvalue weighted by atomic mass is 10.8. The summed E-state index contributed by atoms with van der Waals surface area (Å²) in [5.74, 6) is -0.242. The van der Waals surface area contributed by atoms with E-state index in [9.17, 15) is 4.79 Å². The summed E-state index contributed by atoms with van der Waals surface area (Å²) in [6.07, 6.45) is 0. The number of carbonyl (C=O) groups excluding carboxylic acids is 1. The molecule has 0 spiro atoms. The third kappa shape index (κ3) is 42.6. The van der Waals surface area contributed by atoms with Gasteiger partial charge in [0.2, 0.25) is 5.91 Å². The average molecular weight is 140 g/mol. The predicted octanol–water partition coefficient (Wildman–Crippen LogP) is -0.828. The van der Waals surface area contributed by atoms with Crippen LogP contribution in [0.4, 0.5) is 0 Å². The smallest absolute Gasteiger partial charge is 0.227 e. The van der Waals surface area contributed by atoms with Gasteiger partial charge in [-0.25, -0.2) is 0 Å². The monoisotopic (exact) mass is 140 g/mol. The summed E-state index contributed by atoms with van der Waals surface area (Å²) >= 11 is 3.54. The van der Waals surface area contributed by atoms with Gasteiger partial charge in [0.15, 0.2) is 0 Å². The fourth-order valence-electron chi connectivity index (χ4n) is 0. The number of thiol groups is 1. The lowest BCUT2D eigenvalue weighted by Gasteiger charge is -1.72. The van der Waals surface area contributed by atoms with Gasteiger partial charge in [-0.3, -0.25) is 4.79 Å². The van der Waals surface area contributed by atoms with Crippen LogP contribution in [0.25, 0.3) is 0 Å². The summed E-state index contributed by atoms with van der Waals surface area (Å²) in [6.45, 7) is 0. The Morgan fingerprint density at radius 1 is 1.75 bits per heavy atom. The molecule has 0 atom stereocenters. The van der Waals surface area contributed by atoms with E-state index < -0.39 is 0 Å². The quantitative estimate of drug-likeness (QED) is 0.358. The van der Waals surface area contributed by atoms with Crippen LogP contribution in [-0.2, 0) is 4.79 Å². The standard InChI is InChI=1S/C2H5NOS.CH4O.H3N/c3-2(4)1-5;1-2;/h5H,1H2,(H2,3,4);2H,1H3;1H3. The maximum Gasteiger partial charge on any atom is 0.227 e. The van der Waals surface area contributed by atoms with Gasteiger partial charge in [0.05, 0.1) is 5.75 Å². The number of primary amides is 1. The molecule has 0 radical (unpaired) electrons. The summed E-state index contributed by atoms with van der Waals surface area (Å²) in [4.78, 5) is 9.51. The van der Waals surface area contributed by atoms with Crippen LogP contribution in [0.15, 0.2) is 0 Å². The Balaban J connectivity index is -0.0000000750. The topological polar surface area (TPSA) is 98.3 Å². The van der Waals surface area contributed by atoms with Crippen molar-refractivity contribution >= 4 is 18.5 Å². The molecule has 0 unspecified atom stereocenters. The first-order valence-corrected chi connectivity index (χ1v) is 2.24. The normalized spacial score (nSPS) is 5.38. The van der Waals surface area contributed by atoms with E-state index in [1.165, 1.54) is 0 Å². The van der Waals surface area contributed by atoms with Crippen LogP contribution >= 0.6 is 12.6 Å².